The molecule has 2 rings (SSSR count). The van der Waals surface area contributed by atoms with E-state index < -0.39 is 0 Å². The lowest BCUT2D eigenvalue weighted by molar-refractivity contribution is 0.711. The highest BCUT2D eigenvalue weighted by atomic mass is 32.1. The Morgan fingerprint density at radius 3 is 3.15 bits per heavy atom. The molecule has 0 aromatic carbocycles. The molecule has 0 bridgehead atoms. The molecule has 0 fully saturated rings. The summed E-state index contributed by atoms with van der Waals surface area (Å²) in [4.78, 5) is 4.06. The quantitative estimate of drug-likeness (QED) is 0.763. The Hall–Kier alpha value is -1.50. The summed E-state index contributed by atoms with van der Waals surface area (Å²) in [5.74, 6) is 0.871. The van der Waals surface area contributed by atoms with Crippen LogP contribution in [0.15, 0.2) is 11.8 Å². The van der Waals surface area contributed by atoms with Gasteiger partial charge in [0, 0.05) is 7.05 Å². The minimum atomic E-state index is 0.617. The molecule has 68 valence electrons. The van der Waals surface area contributed by atoms with Crippen LogP contribution in [0.2, 0.25) is 0 Å². The summed E-state index contributed by atoms with van der Waals surface area (Å²) in [6.45, 7) is 0.617. The van der Waals surface area contributed by atoms with Gasteiger partial charge in [-0.2, -0.15) is 5.10 Å². The average Bonchev–Trinajstić information content (AvgIpc) is 2.72. The van der Waals surface area contributed by atoms with Crippen LogP contribution in [0, 0.1) is 0 Å². The van der Waals surface area contributed by atoms with Gasteiger partial charge in [0.2, 0.25) is 5.13 Å². The molecular weight excluding hydrogens is 188 g/mol. The van der Waals surface area contributed by atoms with E-state index in [9.17, 15) is 0 Å². The van der Waals surface area contributed by atoms with Gasteiger partial charge in [-0.05, 0) is 0 Å². The lowest BCUT2D eigenvalue weighted by atomic mass is 10.6. The van der Waals surface area contributed by atoms with Crippen LogP contribution >= 0.6 is 11.3 Å². The zero-order valence-electron chi connectivity index (χ0n) is 7.01. The first-order chi connectivity index (χ1) is 6.36. The monoisotopic (exact) mass is 196 g/mol. The topological polar surface area (TPSA) is 68.5 Å². The van der Waals surface area contributed by atoms with Crippen molar-refractivity contribution >= 4 is 16.5 Å². The van der Waals surface area contributed by atoms with Crippen molar-refractivity contribution in [3.8, 4) is 0 Å². The van der Waals surface area contributed by atoms with Crippen molar-refractivity contribution in [1.82, 2.24) is 25.0 Å². The van der Waals surface area contributed by atoms with E-state index in [-0.39, 0.29) is 0 Å². The number of aryl methyl sites for hydroxylation is 1. The van der Waals surface area contributed by atoms with Gasteiger partial charge in [-0.25, -0.2) is 4.98 Å². The first-order valence-electron chi connectivity index (χ1n) is 3.69. The van der Waals surface area contributed by atoms with Gasteiger partial charge in [0.1, 0.15) is 17.7 Å². The highest BCUT2D eigenvalue weighted by molar-refractivity contribution is 7.13. The highest BCUT2D eigenvalue weighted by Gasteiger charge is 2.00. The molecule has 0 unspecified atom stereocenters. The molecular formula is C6H8N6S. The SMILES string of the molecule is Cn1ncnc1CNc1nncs1. The van der Waals surface area contributed by atoms with Crippen molar-refractivity contribution < 1.29 is 0 Å². The Labute approximate surface area is 78.6 Å². The van der Waals surface area contributed by atoms with Crippen LogP contribution in [0.5, 0.6) is 0 Å². The fourth-order valence-electron chi connectivity index (χ4n) is 0.885. The van der Waals surface area contributed by atoms with Gasteiger partial charge in [-0.1, -0.05) is 11.3 Å². The van der Waals surface area contributed by atoms with Crippen molar-refractivity contribution in [1.29, 1.82) is 0 Å². The van der Waals surface area contributed by atoms with E-state index in [4.69, 9.17) is 0 Å². The predicted octanol–water partition coefficient (Wildman–Crippen LogP) is 0.279. The minimum Gasteiger partial charge on any atom is -0.353 e. The molecule has 0 radical (unpaired) electrons. The largest absolute Gasteiger partial charge is 0.353 e. The fourth-order valence-corrected chi connectivity index (χ4v) is 1.33. The second kappa shape index (κ2) is 3.48. The van der Waals surface area contributed by atoms with E-state index in [2.05, 4.69) is 25.6 Å². The normalized spacial score (nSPS) is 10.2. The lowest BCUT2D eigenvalue weighted by Gasteiger charge is -1.99. The van der Waals surface area contributed by atoms with E-state index in [0.29, 0.717) is 6.54 Å². The Bertz CT molecular complexity index is 366. The molecule has 7 heteroatoms. The Kier molecular flexibility index (Phi) is 2.17. The summed E-state index contributed by atoms with van der Waals surface area (Å²) in [6.07, 6.45) is 1.52. The Balaban J connectivity index is 1.97. The molecule has 0 saturated carbocycles. The molecule has 2 heterocycles. The third-order valence-electron chi connectivity index (χ3n) is 1.56. The van der Waals surface area contributed by atoms with Crippen LogP contribution < -0.4 is 5.32 Å². The Morgan fingerprint density at radius 2 is 2.54 bits per heavy atom. The van der Waals surface area contributed by atoms with Crippen LogP contribution in [0.3, 0.4) is 0 Å². The third-order valence-corrected chi connectivity index (χ3v) is 2.21. The molecule has 0 aliphatic rings. The highest BCUT2D eigenvalue weighted by Crippen LogP contribution is 2.08. The van der Waals surface area contributed by atoms with Gasteiger partial charge < -0.3 is 5.32 Å². The summed E-state index contributed by atoms with van der Waals surface area (Å²) in [6, 6.07) is 0. The fraction of sp³-hybridized carbons (Fsp3) is 0.333. The summed E-state index contributed by atoms with van der Waals surface area (Å²) < 4.78 is 1.72. The molecule has 0 spiro atoms. The van der Waals surface area contributed by atoms with Gasteiger partial charge in [-0.15, -0.1) is 10.2 Å². The van der Waals surface area contributed by atoms with Crippen LogP contribution in [0.1, 0.15) is 5.82 Å². The smallest absolute Gasteiger partial charge is 0.205 e. The van der Waals surface area contributed by atoms with Gasteiger partial charge >= 0.3 is 0 Å². The molecule has 0 atom stereocenters. The third kappa shape index (κ3) is 1.81. The van der Waals surface area contributed by atoms with Crippen molar-refractivity contribution in [2.75, 3.05) is 5.32 Å². The maximum absolute atomic E-state index is 4.06. The summed E-state index contributed by atoms with van der Waals surface area (Å²) in [5, 5.41) is 15.4. The van der Waals surface area contributed by atoms with E-state index >= 15 is 0 Å². The molecule has 0 aliphatic carbocycles. The van der Waals surface area contributed by atoms with Gasteiger partial charge in [0.05, 0.1) is 6.54 Å². The maximum atomic E-state index is 4.06. The number of nitrogens with zero attached hydrogens (tertiary/aromatic N) is 5. The molecule has 2 aromatic rings. The first-order valence-corrected chi connectivity index (χ1v) is 4.57. The summed E-state index contributed by atoms with van der Waals surface area (Å²) >= 11 is 1.46. The van der Waals surface area contributed by atoms with Crippen molar-refractivity contribution in [3.05, 3.63) is 17.7 Å². The first kappa shape index (κ1) is 8.11. The van der Waals surface area contributed by atoms with Gasteiger partial charge in [0.15, 0.2) is 0 Å². The number of hydrogen-bond acceptors (Lipinski definition) is 6. The zero-order chi connectivity index (χ0) is 9.10. The Morgan fingerprint density at radius 1 is 1.62 bits per heavy atom. The molecule has 0 saturated heterocycles. The molecule has 13 heavy (non-hydrogen) atoms. The number of hydrogen-bond donors (Lipinski definition) is 1. The van der Waals surface area contributed by atoms with E-state index in [1.165, 1.54) is 17.7 Å². The van der Waals surface area contributed by atoms with Gasteiger partial charge in [-0.3, -0.25) is 4.68 Å². The zero-order valence-corrected chi connectivity index (χ0v) is 7.82. The molecule has 6 nitrogen and oxygen atoms in total. The van der Waals surface area contributed by atoms with Crippen molar-refractivity contribution in [2.24, 2.45) is 7.05 Å². The minimum absolute atomic E-state index is 0.617. The second-order valence-electron chi connectivity index (χ2n) is 2.40. The van der Waals surface area contributed by atoms with Crippen LogP contribution in [-0.4, -0.2) is 25.0 Å². The molecule has 1 N–H and O–H groups in total. The lowest BCUT2D eigenvalue weighted by Crippen LogP contribution is -2.06. The number of nitrogens with one attached hydrogen (secondary N) is 1. The number of anilines is 1. The second-order valence-corrected chi connectivity index (χ2v) is 3.23. The summed E-state index contributed by atoms with van der Waals surface area (Å²) in [7, 11) is 1.85. The van der Waals surface area contributed by atoms with Crippen LogP contribution in [0.4, 0.5) is 5.13 Å². The predicted molar refractivity (Wildman–Crippen MR) is 48.2 cm³/mol. The molecule has 2 aromatic heterocycles. The number of rotatable bonds is 3. The molecule has 0 amide bonds. The standard InChI is InChI=1S/C6H8N6S/c1-12-5(8-3-10-12)2-7-6-11-9-4-13-6/h3-4H,2H2,1H3,(H,7,11). The van der Waals surface area contributed by atoms with Crippen LogP contribution in [0.25, 0.3) is 0 Å². The molecule has 0 aliphatic heterocycles. The van der Waals surface area contributed by atoms with Crippen molar-refractivity contribution in [2.45, 2.75) is 6.54 Å². The van der Waals surface area contributed by atoms with E-state index in [1.54, 1.807) is 10.2 Å². The van der Waals surface area contributed by atoms with Crippen molar-refractivity contribution in [3.63, 3.8) is 0 Å². The number of aromatic nitrogens is 5. The van der Waals surface area contributed by atoms with Gasteiger partial charge in [0.25, 0.3) is 0 Å². The summed E-state index contributed by atoms with van der Waals surface area (Å²) in [5.41, 5.74) is 1.68. The van der Waals surface area contributed by atoms with Crippen LogP contribution in [-0.2, 0) is 13.6 Å². The van der Waals surface area contributed by atoms with E-state index in [1.807, 2.05) is 7.05 Å². The average molecular weight is 196 g/mol. The maximum Gasteiger partial charge on any atom is 0.205 e. The van der Waals surface area contributed by atoms with E-state index in [0.717, 1.165) is 11.0 Å².